The summed E-state index contributed by atoms with van der Waals surface area (Å²) in [6, 6.07) is 16.0. The van der Waals surface area contributed by atoms with Crippen molar-refractivity contribution < 1.29 is 33.4 Å². The molecule has 234 valence electrons. The van der Waals surface area contributed by atoms with Gasteiger partial charge in [-0.2, -0.15) is 0 Å². The van der Waals surface area contributed by atoms with Crippen LogP contribution in [0.1, 0.15) is 51.7 Å². The first-order valence-corrected chi connectivity index (χ1v) is 14.9. The molecule has 44 heavy (non-hydrogen) atoms. The van der Waals surface area contributed by atoms with Crippen LogP contribution in [0.15, 0.2) is 66.7 Å². The summed E-state index contributed by atoms with van der Waals surface area (Å²) < 4.78 is 19.0. The summed E-state index contributed by atoms with van der Waals surface area (Å²) in [5, 5.41) is 14.9. The number of carboxylic acids is 1. The minimum atomic E-state index is -1.12. The lowest BCUT2D eigenvalue weighted by molar-refractivity contribution is -0.160. The average Bonchev–Trinajstić information content (AvgIpc) is 2.96. The second-order valence-electron chi connectivity index (χ2n) is 12.1. The first-order chi connectivity index (χ1) is 20.9. The molecule has 1 aliphatic heterocycles. The molecule has 0 spiro atoms. The Balaban J connectivity index is 1.57. The van der Waals surface area contributed by atoms with Crippen LogP contribution in [-0.4, -0.2) is 75.6 Å². The number of nitrogens with zero attached hydrogens (tertiary/aromatic N) is 2. The number of benzene rings is 3. The van der Waals surface area contributed by atoms with E-state index in [0.717, 1.165) is 16.3 Å². The topological polar surface area (TPSA) is 116 Å². The molecule has 4 rings (SSSR count). The minimum absolute atomic E-state index is 0.0189. The Hall–Kier alpha value is -4.47. The molecule has 0 bridgehead atoms. The summed E-state index contributed by atoms with van der Waals surface area (Å²) in [6.07, 6.45) is 0.256. The van der Waals surface area contributed by atoms with Crippen molar-refractivity contribution in [3.63, 3.8) is 0 Å². The van der Waals surface area contributed by atoms with Crippen molar-refractivity contribution in [3.05, 3.63) is 83.7 Å². The van der Waals surface area contributed by atoms with Crippen LogP contribution in [0.4, 0.5) is 9.18 Å². The summed E-state index contributed by atoms with van der Waals surface area (Å²) in [7, 11) is 0. The monoisotopic (exact) mass is 605 g/mol. The summed E-state index contributed by atoms with van der Waals surface area (Å²) in [5.41, 5.74) is 0.589. The van der Waals surface area contributed by atoms with Gasteiger partial charge in [-0.3, -0.25) is 9.59 Å². The Morgan fingerprint density at radius 2 is 1.64 bits per heavy atom. The molecule has 1 heterocycles. The fourth-order valence-electron chi connectivity index (χ4n) is 5.56. The lowest BCUT2D eigenvalue weighted by atomic mass is 9.97. The number of amides is 3. The molecular formula is C34H40FN3O6. The zero-order valence-corrected chi connectivity index (χ0v) is 25.6. The molecule has 0 saturated carbocycles. The summed E-state index contributed by atoms with van der Waals surface area (Å²) in [6.45, 7) is 7.10. The van der Waals surface area contributed by atoms with E-state index in [1.165, 1.54) is 34.1 Å². The molecule has 0 aromatic heterocycles. The maximum absolute atomic E-state index is 14.0. The number of piperazine rings is 1. The third-order valence-electron chi connectivity index (χ3n) is 7.62. The first-order valence-electron chi connectivity index (χ1n) is 14.9. The van der Waals surface area contributed by atoms with Crippen molar-refractivity contribution in [3.8, 4) is 0 Å². The van der Waals surface area contributed by atoms with E-state index < -0.39 is 53.4 Å². The number of nitrogens with one attached hydrogen (secondary N) is 1. The molecule has 3 aromatic carbocycles. The number of hydrogen-bond acceptors (Lipinski definition) is 5. The highest BCUT2D eigenvalue weighted by Gasteiger charge is 2.43. The smallest absolute Gasteiger partial charge is 0.408 e. The van der Waals surface area contributed by atoms with Gasteiger partial charge in [0.1, 0.15) is 29.5 Å². The van der Waals surface area contributed by atoms with E-state index in [2.05, 4.69) is 5.32 Å². The van der Waals surface area contributed by atoms with Crippen LogP contribution in [0.3, 0.4) is 0 Å². The number of halogens is 1. The van der Waals surface area contributed by atoms with E-state index in [9.17, 15) is 28.7 Å². The highest BCUT2D eigenvalue weighted by atomic mass is 19.1. The summed E-state index contributed by atoms with van der Waals surface area (Å²) in [4.78, 5) is 56.0. The van der Waals surface area contributed by atoms with Crippen LogP contribution >= 0.6 is 0 Å². The van der Waals surface area contributed by atoms with Crippen LogP contribution in [-0.2, 0) is 32.0 Å². The van der Waals surface area contributed by atoms with E-state index in [-0.39, 0.29) is 25.9 Å². The number of carboxylic acid groups (broad SMARTS) is 1. The van der Waals surface area contributed by atoms with Crippen molar-refractivity contribution in [2.45, 2.75) is 77.1 Å². The predicted molar refractivity (Wildman–Crippen MR) is 164 cm³/mol. The lowest BCUT2D eigenvalue weighted by Crippen LogP contribution is -2.65. The van der Waals surface area contributed by atoms with Crippen LogP contribution in [0.25, 0.3) is 10.8 Å². The quantitative estimate of drug-likeness (QED) is 0.338. The molecular weight excluding hydrogens is 565 g/mol. The van der Waals surface area contributed by atoms with Crippen molar-refractivity contribution in [2.24, 2.45) is 0 Å². The van der Waals surface area contributed by atoms with Crippen molar-refractivity contribution >= 4 is 34.6 Å². The molecule has 3 aromatic rings. The van der Waals surface area contributed by atoms with Gasteiger partial charge in [0.25, 0.3) is 0 Å². The summed E-state index contributed by atoms with van der Waals surface area (Å²) >= 11 is 0. The predicted octanol–water partition coefficient (Wildman–Crippen LogP) is 4.95. The molecule has 1 fully saturated rings. The average molecular weight is 606 g/mol. The second kappa shape index (κ2) is 13.9. The third-order valence-corrected chi connectivity index (χ3v) is 7.62. The largest absolute Gasteiger partial charge is 0.480 e. The molecule has 0 radical (unpaired) electrons. The minimum Gasteiger partial charge on any atom is -0.480 e. The highest BCUT2D eigenvalue weighted by molar-refractivity contribution is 5.94. The van der Waals surface area contributed by atoms with Gasteiger partial charge in [0.2, 0.25) is 11.8 Å². The van der Waals surface area contributed by atoms with E-state index in [1.807, 2.05) is 49.4 Å². The molecule has 9 nitrogen and oxygen atoms in total. The third kappa shape index (κ3) is 8.12. The molecule has 3 amide bonds. The number of ether oxygens (including phenoxy) is 1. The van der Waals surface area contributed by atoms with E-state index in [4.69, 9.17) is 4.74 Å². The van der Waals surface area contributed by atoms with Crippen LogP contribution in [0.2, 0.25) is 0 Å². The Morgan fingerprint density at radius 3 is 2.27 bits per heavy atom. The van der Waals surface area contributed by atoms with Gasteiger partial charge in [-0.25, -0.2) is 14.0 Å². The standard InChI is InChI=1S/C34H40FN3O6/c1-5-8-28-31(40)38(29(32(41)42)21-23-11-14-24-9-6-7-10-25(24)19-23)18-17-37(28)30(39)27(36-33(43)44-34(2,3)4)20-22-12-15-26(35)16-13-22/h6-7,9-16,19,27-29H,5,8,17-18,20-21H2,1-4H3,(H,36,43)(H,41,42)/t27-,28+,29+/m1/s1. The lowest BCUT2D eigenvalue weighted by Gasteiger charge is -2.44. The zero-order chi connectivity index (χ0) is 32.0. The van der Waals surface area contributed by atoms with E-state index in [0.29, 0.717) is 18.4 Å². The zero-order valence-electron chi connectivity index (χ0n) is 25.6. The van der Waals surface area contributed by atoms with Gasteiger partial charge in [-0.1, -0.05) is 67.9 Å². The van der Waals surface area contributed by atoms with Gasteiger partial charge in [-0.15, -0.1) is 0 Å². The van der Waals surface area contributed by atoms with Crippen molar-refractivity contribution in [2.75, 3.05) is 13.1 Å². The number of rotatable bonds is 10. The van der Waals surface area contributed by atoms with Gasteiger partial charge in [0.15, 0.2) is 0 Å². The second-order valence-corrected chi connectivity index (χ2v) is 12.1. The summed E-state index contributed by atoms with van der Waals surface area (Å²) in [5.74, 6) is -2.49. The van der Waals surface area contributed by atoms with Crippen LogP contribution < -0.4 is 5.32 Å². The number of aliphatic carboxylic acids is 1. The maximum atomic E-state index is 14.0. The SMILES string of the molecule is CCC[C@H]1C(=O)N([C@@H](Cc2ccc3ccccc3c2)C(=O)O)CCN1C(=O)[C@@H](Cc1ccc(F)cc1)NC(=O)OC(C)(C)C. The van der Waals surface area contributed by atoms with E-state index in [1.54, 1.807) is 20.8 Å². The fraction of sp³-hybridized carbons (Fsp3) is 0.412. The molecule has 2 N–H and O–H groups in total. The van der Waals surface area contributed by atoms with Gasteiger partial charge >= 0.3 is 12.1 Å². The number of carbonyl (C=O) groups is 4. The molecule has 0 unspecified atom stereocenters. The van der Waals surface area contributed by atoms with Gasteiger partial charge in [-0.05, 0) is 61.2 Å². The first kappa shape index (κ1) is 32.4. The number of carbonyl (C=O) groups excluding carboxylic acids is 3. The number of alkyl carbamates (subject to hydrolysis) is 1. The van der Waals surface area contributed by atoms with E-state index >= 15 is 0 Å². The fourth-order valence-corrected chi connectivity index (χ4v) is 5.56. The molecule has 1 saturated heterocycles. The molecule has 1 aliphatic rings. The Bertz CT molecular complexity index is 1500. The van der Waals surface area contributed by atoms with Crippen LogP contribution in [0, 0.1) is 5.82 Å². The molecule has 10 heteroatoms. The molecule has 0 aliphatic carbocycles. The maximum Gasteiger partial charge on any atom is 0.408 e. The number of hydrogen-bond donors (Lipinski definition) is 2. The van der Waals surface area contributed by atoms with Crippen molar-refractivity contribution in [1.29, 1.82) is 0 Å². The number of fused-ring (bicyclic) bond motifs is 1. The van der Waals surface area contributed by atoms with Gasteiger partial charge in [0, 0.05) is 25.9 Å². The highest BCUT2D eigenvalue weighted by Crippen LogP contribution is 2.24. The normalized spacial score (nSPS) is 16.8. The Labute approximate surface area is 257 Å². The van der Waals surface area contributed by atoms with Gasteiger partial charge < -0.3 is 25.0 Å². The van der Waals surface area contributed by atoms with Crippen LogP contribution in [0.5, 0.6) is 0 Å². The van der Waals surface area contributed by atoms with Crippen molar-refractivity contribution in [1.82, 2.24) is 15.1 Å². The Morgan fingerprint density at radius 1 is 0.977 bits per heavy atom. The Kier molecular flexibility index (Phi) is 10.2. The van der Waals surface area contributed by atoms with Gasteiger partial charge in [0.05, 0.1) is 0 Å². The molecule has 3 atom stereocenters.